The summed E-state index contributed by atoms with van der Waals surface area (Å²) in [5, 5.41) is 32.5. The van der Waals surface area contributed by atoms with E-state index in [2.05, 4.69) is 40.3 Å². The van der Waals surface area contributed by atoms with Gasteiger partial charge in [0.2, 0.25) is 0 Å². The van der Waals surface area contributed by atoms with Gasteiger partial charge in [0.25, 0.3) is 0 Å². The van der Waals surface area contributed by atoms with E-state index in [0.29, 0.717) is 11.6 Å². The van der Waals surface area contributed by atoms with Crippen molar-refractivity contribution in [2.75, 3.05) is 0 Å². The first-order valence-corrected chi connectivity index (χ1v) is 8.18. The molecule has 0 fully saturated rings. The van der Waals surface area contributed by atoms with Crippen LogP contribution in [0.2, 0.25) is 0 Å². The van der Waals surface area contributed by atoms with Crippen LogP contribution in [0.5, 0.6) is 0 Å². The Kier molecular flexibility index (Phi) is 35.2. The minimum atomic E-state index is -1.08. The van der Waals surface area contributed by atoms with Crippen molar-refractivity contribution in [2.45, 2.75) is 13.8 Å². The molecule has 4 heterocycles. The summed E-state index contributed by atoms with van der Waals surface area (Å²) in [6.07, 6.45) is 6.21. The van der Waals surface area contributed by atoms with Gasteiger partial charge in [0.1, 0.15) is 0 Å². The van der Waals surface area contributed by atoms with Gasteiger partial charge in [0.05, 0.1) is 11.4 Å². The normalized spacial score (nSPS) is 7.39. The van der Waals surface area contributed by atoms with Crippen LogP contribution in [0.3, 0.4) is 0 Å². The van der Waals surface area contributed by atoms with E-state index in [-0.39, 0.29) is 56.0 Å². The third-order valence-corrected chi connectivity index (χ3v) is 2.56. The van der Waals surface area contributed by atoms with Crippen molar-refractivity contribution >= 4 is 11.9 Å². The minimum absolute atomic E-state index is 0. The second kappa shape index (κ2) is 27.6. The third kappa shape index (κ3) is 22.2. The Bertz CT molecular complexity index is 893. The van der Waals surface area contributed by atoms with E-state index in [1.807, 2.05) is 36.4 Å². The fourth-order valence-corrected chi connectivity index (χ4v) is 1.60. The van der Waals surface area contributed by atoms with Gasteiger partial charge in [-0.05, 0) is 50.3 Å². The Morgan fingerprint density at radius 3 is 1.50 bits per heavy atom. The van der Waals surface area contributed by atoms with Crippen molar-refractivity contribution in [2.24, 2.45) is 0 Å². The second-order valence-corrected chi connectivity index (χ2v) is 4.98. The first-order chi connectivity index (χ1) is 14.4. The molecule has 0 bridgehead atoms. The molecule has 0 aromatic carbocycles. The number of carboxylic acids is 2. The van der Waals surface area contributed by atoms with Crippen molar-refractivity contribution in [1.29, 1.82) is 0 Å². The van der Waals surface area contributed by atoms with Crippen LogP contribution < -0.4 is 20.3 Å². The molecular weight excluding hydrogens is 583 g/mol. The fraction of sp³-hybridized carbons (Fsp3) is 0.111. The van der Waals surface area contributed by atoms with E-state index in [4.69, 9.17) is 19.8 Å². The van der Waals surface area contributed by atoms with Gasteiger partial charge in [-0.15, -0.1) is 0 Å². The van der Waals surface area contributed by atoms with Gasteiger partial charge in [-0.1, -0.05) is 12.1 Å². The Labute approximate surface area is 226 Å². The maximum atomic E-state index is 8.89. The molecule has 0 aliphatic rings. The predicted molar refractivity (Wildman–Crippen MR) is 113 cm³/mol. The number of carbonyl (C=O) groups is 2. The van der Waals surface area contributed by atoms with Crippen LogP contribution >= 0.6 is 0 Å². The number of aliphatic carboxylic acids is 2. The summed E-state index contributed by atoms with van der Waals surface area (Å²) in [6, 6.07) is 11.2. The van der Waals surface area contributed by atoms with Crippen LogP contribution in [-0.4, -0.2) is 64.1 Å². The molecule has 4 aromatic rings. The van der Waals surface area contributed by atoms with Crippen LogP contribution in [0.15, 0.2) is 61.4 Å². The third-order valence-electron chi connectivity index (χ3n) is 2.56. The minimum Gasteiger partial charge on any atom is -0.550 e. The molecule has 18 heteroatoms. The Morgan fingerprint density at radius 2 is 1.19 bits per heavy atom. The van der Waals surface area contributed by atoms with Crippen molar-refractivity contribution in [3.05, 3.63) is 61.4 Å². The van der Waals surface area contributed by atoms with E-state index >= 15 is 0 Å². The largest absolute Gasteiger partial charge is 2.00 e. The SMILES string of the molecule is CC(=O)[O-].CC(=O)[O-].O.O.O.O.[Cu+2].[Cu+2].c1ccc(-c2ncn[n-]2)nc1.c1ccc(-c2nnc[n-]2)nc1. The standard InChI is InChI=1S/2C7H5N4.2C2H4O2.2Cu.4H2O/c2*1-2-4-8-6(3-1)7-9-5-10-11-7;2*1-2(3)4;;;;;;/h2*1-5H;2*1H3,(H,3,4);;;4*1H2/q2*-1;;;2*+2;;;;/p-2. The predicted octanol–water partition coefficient (Wildman–Crippen LogP) is -4.80. The average Bonchev–Trinajstić information content (AvgIpc) is 3.43. The number of nitrogens with zero attached hydrogens (tertiary/aromatic N) is 8. The molecule has 4 rings (SSSR count). The van der Waals surface area contributed by atoms with Gasteiger partial charge in [-0.2, -0.15) is 0 Å². The zero-order valence-electron chi connectivity index (χ0n) is 18.6. The molecule has 0 saturated carbocycles. The molecule has 2 radical (unpaired) electrons. The summed E-state index contributed by atoms with van der Waals surface area (Å²) in [4.78, 5) is 33.7. The molecule has 206 valence electrons. The molecule has 0 aliphatic carbocycles. The number of hydrogen-bond donors (Lipinski definition) is 0. The average molecular weight is 608 g/mol. The molecule has 0 unspecified atom stereocenters. The first-order valence-electron chi connectivity index (χ1n) is 8.18. The van der Waals surface area contributed by atoms with E-state index in [0.717, 1.165) is 25.2 Å². The first kappa shape index (κ1) is 45.8. The maximum Gasteiger partial charge on any atom is 2.00 e. The molecule has 36 heavy (non-hydrogen) atoms. The number of aromatic nitrogens is 8. The van der Waals surface area contributed by atoms with E-state index in [9.17, 15) is 0 Å². The summed E-state index contributed by atoms with van der Waals surface area (Å²) in [7, 11) is 0. The number of carbonyl (C=O) groups excluding carboxylic acids is 2. The van der Waals surface area contributed by atoms with Crippen molar-refractivity contribution in [3.63, 3.8) is 0 Å². The summed E-state index contributed by atoms with van der Waals surface area (Å²) >= 11 is 0. The Morgan fingerprint density at radius 1 is 0.750 bits per heavy atom. The molecular formula is C18H24Cu2N8O8. The van der Waals surface area contributed by atoms with E-state index in [1.165, 1.54) is 12.7 Å². The number of hydrogen-bond acceptors (Lipinski definition) is 10. The zero-order valence-corrected chi connectivity index (χ0v) is 20.5. The second-order valence-electron chi connectivity index (χ2n) is 4.98. The molecule has 0 aliphatic heterocycles. The van der Waals surface area contributed by atoms with Crippen LogP contribution in [0.25, 0.3) is 23.0 Å². The van der Waals surface area contributed by atoms with Crippen LogP contribution in [0, 0.1) is 0 Å². The van der Waals surface area contributed by atoms with Crippen molar-refractivity contribution < 1.29 is 75.8 Å². The van der Waals surface area contributed by atoms with Gasteiger partial charge in [0.15, 0.2) is 0 Å². The Balaban J connectivity index is -0.0000000861. The molecule has 0 spiro atoms. The zero-order chi connectivity index (χ0) is 22.2. The molecule has 16 nitrogen and oxygen atoms in total. The summed E-state index contributed by atoms with van der Waals surface area (Å²) in [5.41, 5.74) is 1.51. The summed E-state index contributed by atoms with van der Waals surface area (Å²) in [5.74, 6) is -1.02. The fourth-order valence-electron chi connectivity index (χ4n) is 1.60. The van der Waals surface area contributed by atoms with Gasteiger partial charge >= 0.3 is 34.1 Å². The van der Waals surface area contributed by atoms with Gasteiger partial charge in [-0.3, -0.25) is 15.1 Å². The van der Waals surface area contributed by atoms with Crippen LogP contribution in [0.1, 0.15) is 13.8 Å². The topological polar surface area (TPSA) is 312 Å². The van der Waals surface area contributed by atoms with E-state index in [1.54, 1.807) is 12.4 Å². The van der Waals surface area contributed by atoms with Crippen LogP contribution in [-0.2, 0) is 43.7 Å². The summed E-state index contributed by atoms with van der Waals surface area (Å²) in [6.45, 7) is 1.94. The smallest absolute Gasteiger partial charge is 0.550 e. The maximum absolute atomic E-state index is 8.89. The molecule has 0 atom stereocenters. The van der Waals surface area contributed by atoms with Gasteiger partial charge in [0, 0.05) is 36.5 Å². The number of pyridine rings is 2. The quantitative estimate of drug-likeness (QED) is 0.194. The van der Waals surface area contributed by atoms with Crippen LogP contribution in [0.4, 0.5) is 0 Å². The number of rotatable bonds is 2. The molecule has 8 N–H and O–H groups in total. The van der Waals surface area contributed by atoms with Crippen molar-refractivity contribution in [1.82, 2.24) is 40.3 Å². The monoisotopic (exact) mass is 606 g/mol. The Hall–Kier alpha value is -3.60. The van der Waals surface area contributed by atoms with Gasteiger partial charge < -0.3 is 67.0 Å². The van der Waals surface area contributed by atoms with Crippen molar-refractivity contribution in [3.8, 4) is 23.0 Å². The summed E-state index contributed by atoms with van der Waals surface area (Å²) < 4.78 is 0. The molecule has 4 aromatic heterocycles. The molecule has 0 amide bonds. The van der Waals surface area contributed by atoms with E-state index < -0.39 is 11.9 Å². The van der Waals surface area contributed by atoms with Gasteiger partial charge in [-0.25, -0.2) is 0 Å². The molecule has 0 saturated heterocycles. The number of carboxylic acid groups (broad SMARTS) is 2.